The molecule has 1 aliphatic carbocycles. The lowest BCUT2D eigenvalue weighted by Crippen LogP contribution is -2.47. The molecule has 3 aromatic rings. The second-order valence-electron chi connectivity index (χ2n) is 11.8. The third-order valence-corrected chi connectivity index (χ3v) is 9.97. The molecule has 0 radical (unpaired) electrons. The molecule has 10 heteroatoms. The predicted octanol–water partition coefficient (Wildman–Crippen LogP) is 5.32. The molecule has 0 saturated heterocycles. The van der Waals surface area contributed by atoms with Gasteiger partial charge in [-0.2, -0.15) is 4.31 Å². The van der Waals surface area contributed by atoms with E-state index in [4.69, 9.17) is 16.7 Å². The Hall–Kier alpha value is -2.82. The lowest BCUT2D eigenvalue weighted by molar-refractivity contribution is -0.136. The first-order valence-corrected chi connectivity index (χ1v) is 15.8. The van der Waals surface area contributed by atoms with Crippen LogP contribution in [0.4, 0.5) is 4.39 Å². The lowest BCUT2D eigenvalue weighted by Gasteiger charge is -2.31. The topological polar surface area (TPSA) is 107 Å². The Balaban J connectivity index is 1.34. The molecule has 0 bridgehead atoms. The Labute approximate surface area is 252 Å². The van der Waals surface area contributed by atoms with Gasteiger partial charge in [0.1, 0.15) is 5.82 Å². The summed E-state index contributed by atoms with van der Waals surface area (Å²) >= 11 is 6.43. The summed E-state index contributed by atoms with van der Waals surface area (Å²) in [6.45, 7) is 4.33. The minimum Gasteiger partial charge on any atom is -0.481 e. The zero-order chi connectivity index (χ0) is 30.7. The fraction of sp³-hybridized carbons (Fsp3) is 0.406. The monoisotopic (exact) mass is 616 g/mol. The van der Waals surface area contributed by atoms with Crippen LogP contribution in [0, 0.1) is 11.7 Å². The fourth-order valence-electron chi connectivity index (χ4n) is 5.67. The molecule has 1 unspecified atom stereocenters. The number of sulfonamides is 1. The molecule has 0 heterocycles. The molecule has 3 N–H and O–H groups in total. The van der Waals surface area contributed by atoms with E-state index in [1.54, 1.807) is 6.07 Å². The zero-order valence-electron chi connectivity index (χ0n) is 24.1. The molecule has 42 heavy (non-hydrogen) atoms. The standard InChI is InChI=1S/C32H38ClFN2O5S/c1-32(2,18-21-14-23-6-4-5-7-24(23)15-21)35-19-26(37)20-36(3)42(40,41)27-11-12-28(29(33)17-27)25-9-8-22(30(34)16-25)10-13-31(38)39/h4-9,11-12,16-17,21,26,35,37H,10,13-15,18-20H2,1-3H3,(H,38,39). The summed E-state index contributed by atoms with van der Waals surface area (Å²) in [5, 5.41) is 23.1. The van der Waals surface area contributed by atoms with E-state index >= 15 is 0 Å². The molecule has 7 nitrogen and oxygen atoms in total. The van der Waals surface area contributed by atoms with E-state index in [0.29, 0.717) is 17.0 Å². The SMILES string of the molecule is CN(CC(O)CNC(C)(C)CC1Cc2ccccc2C1)S(=O)(=O)c1ccc(-c2ccc(CCC(=O)O)c(F)c2)c(Cl)c1. The van der Waals surface area contributed by atoms with Crippen LogP contribution in [0.1, 0.15) is 43.4 Å². The highest BCUT2D eigenvalue weighted by molar-refractivity contribution is 7.89. The van der Waals surface area contributed by atoms with Crippen molar-refractivity contribution in [2.24, 2.45) is 5.92 Å². The third kappa shape index (κ3) is 7.96. The number of nitrogens with one attached hydrogen (secondary N) is 1. The normalized spacial score (nSPS) is 14.7. The van der Waals surface area contributed by atoms with E-state index in [0.717, 1.165) is 23.6 Å². The first-order chi connectivity index (χ1) is 19.7. The number of aliphatic carboxylic acids is 1. The van der Waals surface area contributed by atoms with Crippen LogP contribution in [-0.4, -0.2) is 60.7 Å². The average Bonchev–Trinajstić information content (AvgIpc) is 3.32. The number of hydrogen-bond donors (Lipinski definition) is 3. The minimum absolute atomic E-state index is 0.0430. The van der Waals surface area contributed by atoms with E-state index < -0.39 is 27.9 Å². The Morgan fingerprint density at radius 2 is 1.79 bits per heavy atom. The molecule has 226 valence electrons. The van der Waals surface area contributed by atoms with Gasteiger partial charge in [0.2, 0.25) is 10.0 Å². The van der Waals surface area contributed by atoms with Crippen LogP contribution in [0.3, 0.4) is 0 Å². The molecule has 0 fully saturated rings. The van der Waals surface area contributed by atoms with Gasteiger partial charge in [-0.25, -0.2) is 12.8 Å². The Morgan fingerprint density at radius 3 is 2.38 bits per heavy atom. The van der Waals surface area contributed by atoms with Gasteiger partial charge in [-0.15, -0.1) is 0 Å². The summed E-state index contributed by atoms with van der Waals surface area (Å²) < 4.78 is 42.2. The number of nitrogens with zero attached hydrogens (tertiary/aromatic N) is 1. The van der Waals surface area contributed by atoms with E-state index in [1.807, 2.05) is 0 Å². The largest absolute Gasteiger partial charge is 0.481 e. The molecule has 0 amide bonds. The second-order valence-corrected chi connectivity index (χ2v) is 14.2. The van der Waals surface area contributed by atoms with Crippen LogP contribution in [0.5, 0.6) is 0 Å². The quantitative estimate of drug-likeness (QED) is 0.240. The van der Waals surface area contributed by atoms with E-state index in [-0.39, 0.29) is 47.0 Å². The number of aliphatic hydroxyl groups is 1. The second kappa shape index (κ2) is 13.2. The smallest absolute Gasteiger partial charge is 0.303 e. The van der Waals surface area contributed by atoms with Gasteiger partial charge < -0.3 is 15.5 Å². The average molecular weight is 617 g/mol. The molecular weight excluding hydrogens is 579 g/mol. The summed E-state index contributed by atoms with van der Waals surface area (Å²) in [6, 6.07) is 17.1. The summed E-state index contributed by atoms with van der Waals surface area (Å²) in [5.74, 6) is -1.05. The number of halogens is 2. The molecule has 1 atom stereocenters. The highest BCUT2D eigenvalue weighted by Gasteiger charge is 2.29. The molecule has 0 aliphatic heterocycles. The Morgan fingerprint density at radius 1 is 1.12 bits per heavy atom. The van der Waals surface area contributed by atoms with Crippen molar-refractivity contribution in [1.82, 2.24) is 9.62 Å². The Kier molecular flexibility index (Phi) is 10.1. The summed E-state index contributed by atoms with van der Waals surface area (Å²) in [5.41, 5.74) is 3.73. The first kappa shape index (κ1) is 32.1. The van der Waals surface area contributed by atoms with Gasteiger partial charge >= 0.3 is 5.97 Å². The predicted molar refractivity (Wildman–Crippen MR) is 163 cm³/mol. The fourth-order valence-corrected chi connectivity index (χ4v) is 7.26. The number of fused-ring (bicyclic) bond motifs is 1. The first-order valence-electron chi connectivity index (χ1n) is 14.0. The number of carboxylic acid groups (broad SMARTS) is 1. The summed E-state index contributed by atoms with van der Waals surface area (Å²) in [7, 11) is -2.55. The molecule has 3 aromatic carbocycles. The van der Waals surface area contributed by atoms with Crippen molar-refractivity contribution < 1.29 is 27.8 Å². The van der Waals surface area contributed by atoms with Crippen molar-refractivity contribution in [3.05, 3.63) is 88.2 Å². The third-order valence-electron chi connectivity index (χ3n) is 7.84. The Bertz CT molecular complexity index is 1520. The van der Waals surface area contributed by atoms with Crippen molar-refractivity contribution in [3.8, 4) is 11.1 Å². The molecule has 0 spiro atoms. The highest BCUT2D eigenvalue weighted by Crippen LogP contribution is 2.33. The maximum Gasteiger partial charge on any atom is 0.303 e. The van der Waals surface area contributed by atoms with Crippen LogP contribution in [-0.2, 0) is 34.1 Å². The number of rotatable bonds is 13. The number of carboxylic acids is 1. The van der Waals surface area contributed by atoms with Crippen LogP contribution < -0.4 is 5.32 Å². The van der Waals surface area contributed by atoms with E-state index in [9.17, 15) is 22.7 Å². The van der Waals surface area contributed by atoms with Gasteiger partial charge in [-0.3, -0.25) is 4.79 Å². The maximum absolute atomic E-state index is 14.5. The van der Waals surface area contributed by atoms with Crippen LogP contribution >= 0.6 is 11.6 Å². The van der Waals surface area contributed by atoms with Crippen molar-refractivity contribution in [2.75, 3.05) is 20.1 Å². The van der Waals surface area contributed by atoms with E-state index in [1.165, 1.54) is 48.5 Å². The molecule has 0 aromatic heterocycles. The number of benzene rings is 3. The van der Waals surface area contributed by atoms with Gasteiger partial charge in [-0.1, -0.05) is 54.1 Å². The molecule has 1 aliphatic rings. The maximum atomic E-state index is 14.5. The number of aliphatic hydroxyl groups excluding tert-OH is 1. The number of carbonyl (C=O) groups is 1. The number of likely N-dealkylation sites (N-methyl/N-ethyl adjacent to an activating group) is 1. The van der Waals surface area contributed by atoms with Gasteiger partial charge in [0, 0.05) is 42.7 Å². The van der Waals surface area contributed by atoms with Gasteiger partial charge in [0.15, 0.2) is 0 Å². The van der Waals surface area contributed by atoms with Crippen molar-refractivity contribution in [3.63, 3.8) is 0 Å². The van der Waals surface area contributed by atoms with Gasteiger partial charge in [-0.05, 0) is 85.9 Å². The number of β-amino-alcohol motifs (C(OH)–C–C–N with tert-alkyl or cyclic N) is 1. The van der Waals surface area contributed by atoms with Crippen LogP contribution in [0.25, 0.3) is 11.1 Å². The van der Waals surface area contributed by atoms with E-state index in [2.05, 4.69) is 43.4 Å². The van der Waals surface area contributed by atoms with Crippen molar-refractivity contribution in [2.45, 2.75) is 62.5 Å². The van der Waals surface area contributed by atoms with Gasteiger partial charge in [0.25, 0.3) is 0 Å². The van der Waals surface area contributed by atoms with Crippen molar-refractivity contribution in [1.29, 1.82) is 0 Å². The van der Waals surface area contributed by atoms with Crippen molar-refractivity contribution >= 4 is 27.6 Å². The summed E-state index contributed by atoms with van der Waals surface area (Å²) in [6.07, 6.45) is 1.96. The van der Waals surface area contributed by atoms with Crippen LogP contribution in [0.15, 0.2) is 65.6 Å². The minimum atomic E-state index is -3.96. The molecular formula is C32H38ClFN2O5S. The number of hydrogen-bond acceptors (Lipinski definition) is 5. The molecule has 0 saturated carbocycles. The zero-order valence-corrected chi connectivity index (χ0v) is 25.7. The summed E-state index contributed by atoms with van der Waals surface area (Å²) in [4.78, 5) is 10.7. The van der Waals surface area contributed by atoms with Gasteiger partial charge in [0.05, 0.1) is 11.0 Å². The molecule has 4 rings (SSSR count). The lowest BCUT2D eigenvalue weighted by atomic mass is 9.88. The number of aryl methyl sites for hydroxylation is 1. The highest BCUT2D eigenvalue weighted by atomic mass is 35.5. The van der Waals surface area contributed by atoms with Crippen LogP contribution in [0.2, 0.25) is 5.02 Å².